The average Bonchev–Trinajstić information content (AvgIpc) is 2.78. The predicted octanol–water partition coefficient (Wildman–Crippen LogP) is 4.74. The first kappa shape index (κ1) is 25.6. The monoisotopic (exact) mass is 492 g/mol. The number of rotatable bonds is 5. The van der Waals surface area contributed by atoms with E-state index in [-0.39, 0.29) is 0 Å². The Balaban J connectivity index is 0.000000371. The molecule has 1 aliphatic rings. The van der Waals surface area contributed by atoms with Gasteiger partial charge in [-0.3, -0.25) is 4.55 Å². The fourth-order valence-electron chi connectivity index (χ4n) is 3.36. The lowest BCUT2D eigenvalue weighted by molar-refractivity contribution is -0.301. The summed E-state index contributed by atoms with van der Waals surface area (Å²) in [6, 6.07) is 24.7. The van der Waals surface area contributed by atoms with E-state index in [0.717, 1.165) is 45.3 Å². The highest BCUT2D eigenvalue weighted by atomic mass is 32.2. The van der Waals surface area contributed by atoms with E-state index in [9.17, 15) is 18.3 Å². The summed E-state index contributed by atoms with van der Waals surface area (Å²) in [4.78, 5) is 9.36. The molecule has 0 amide bonds. The second kappa shape index (κ2) is 11.4. The van der Waals surface area contributed by atoms with Gasteiger partial charge in [-0.2, -0.15) is 8.42 Å². The van der Waals surface area contributed by atoms with Crippen LogP contribution in [0.2, 0.25) is 0 Å². The Labute approximate surface area is 204 Å². The van der Waals surface area contributed by atoms with Crippen LogP contribution in [0, 0.1) is 0 Å². The van der Waals surface area contributed by atoms with Crippen LogP contribution in [0.1, 0.15) is 19.6 Å². The number of benzene rings is 2. The summed E-state index contributed by atoms with van der Waals surface area (Å²) in [5.74, 6) is 0.255. The molecule has 0 bridgehead atoms. The molecule has 0 atom stereocenters. The summed E-state index contributed by atoms with van der Waals surface area (Å²) in [5, 5.41) is 9.36. The Bertz CT molecular complexity index is 1310. The van der Waals surface area contributed by atoms with Gasteiger partial charge in [0.15, 0.2) is 0 Å². The molecule has 2 aromatic carbocycles. The first-order valence-electron chi connectivity index (χ1n) is 10.6. The van der Waals surface area contributed by atoms with Crippen molar-refractivity contribution in [3.05, 3.63) is 108 Å². The van der Waals surface area contributed by atoms with Crippen molar-refractivity contribution >= 4 is 22.2 Å². The molecule has 3 aromatic rings. The molecule has 0 radical (unpaired) electrons. The fourth-order valence-corrected chi connectivity index (χ4v) is 3.65. The lowest BCUT2D eigenvalue weighted by atomic mass is 10.0. The van der Waals surface area contributed by atoms with E-state index in [2.05, 4.69) is 54.6 Å². The van der Waals surface area contributed by atoms with Gasteiger partial charge in [0.05, 0.1) is 29.7 Å². The Morgan fingerprint density at radius 3 is 1.94 bits per heavy atom. The first-order chi connectivity index (χ1) is 16.6. The largest absolute Gasteiger partial charge is 0.549 e. The zero-order valence-electron chi connectivity index (χ0n) is 19.2. The second-order valence-electron chi connectivity index (χ2n) is 7.70. The molecule has 0 saturated heterocycles. The number of ether oxygens (including phenoxy) is 1. The maximum absolute atomic E-state index is 9.58. The molecule has 7 nitrogen and oxygen atoms in total. The minimum Gasteiger partial charge on any atom is -0.549 e. The highest BCUT2D eigenvalue weighted by molar-refractivity contribution is 7.86. The third-order valence-electron chi connectivity index (χ3n) is 4.65. The molecule has 2 heterocycles. The number of hydrogen-bond donors (Lipinski definition) is 1. The SMILES string of the molecule is CC1=CC(=Cc2cc(-c3ccccc3)cc(-c3ccccc3)[o+]2)C=C(C)O1.O=C([O-])CS(=O)(=O)O. The normalized spacial score (nSPS) is 12.9. The molecular formula is C27H24O7S. The average molecular weight is 493 g/mol. The second-order valence-corrected chi connectivity index (χ2v) is 9.15. The van der Waals surface area contributed by atoms with E-state index < -0.39 is 21.8 Å². The molecule has 0 aliphatic carbocycles. The molecule has 8 heteroatoms. The van der Waals surface area contributed by atoms with Gasteiger partial charge in [0.2, 0.25) is 0 Å². The van der Waals surface area contributed by atoms with Gasteiger partial charge in [-0.25, -0.2) is 4.42 Å². The Kier molecular flexibility index (Phi) is 8.35. The molecule has 180 valence electrons. The zero-order valence-corrected chi connectivity index (χ0v) is 20.0. The smallest absolute Gasteiger partial charge is 0.361 e. The van der Waals surface area contributed by atoms with Crippen molar-refractivity contribution in [3.63, 3.8) is 0 Å². The van der Waals surface area contributed by atoms with Crippen molar-refractivity contribution in [2.24, 2.45) is 0 Å². The first-order valence-corrected chi connectivity index (χ1v) is 12.2. The van der Waals surface area contributed by atoms with Gasteiger partial charge >= 0.3 is 11.5 Å². The van der Waals surface area contributed by atoms with Crippen molar-refractivity contribution in [2.75, 3.05) is 5.75 Å². The van der Waals surface area contributed by atoms with Crippen molar-refractivity contribution in [1.29, 1.82) is 0 Å². The van der Waals surface area contributed by atoms with Crippen molar-refractivity contribution in [2.45, 2.75) is 13.8 Å². The van der Waals surface area contributed by atoms with E-state index in [1.54, 1.807) is 0 Å². The molecule has 4 rings (SSSR count). The summed E-state index contributed by atoms with van der Waals surface area (Å²) in [6.07, 6.45) is 6.08. The van der Waals surface area contributed by atoms with E-state index >= 15 is 0 Å². The van der Waals surface area contributed by atoms with E-state index in [0.29, 0.717) is 0 Å². The van der Waals surface area contributed by atoms with Gasteiger partial charge in [-0.15, -0.1) is 0 Å². The van der Waals surface area contributed by atoms with Gasteiger partial charge in [-0.1, -0.05) is 48.5 Å². The standard InChI is InChI=1S/C25H21O2.C2H4O5S/c1-18-13-20(14-19(2)26-18)15-24-16-23(21-9-5-3-6-10-21)17-25(27-24)22-11-7-4-8-12-22;3-2(4)1-8(5,6)7/h3-17H,1-2H3;1H2,(H,3,4)(H,5,6,7)/q+1;/p-1. The van der Waals surface area contributed by atoms with Crippen LogP contribution in [-0.4, -0.2) is 24.7 Å². The third kappa shape index (κ3) is 8.37. The quantitative estimate of drug-likeness (QED) is 0.404. The minimum absolute atomic E-state index is 0.806. The highest BCUT2D eigenvalue weighted by Crippen LogP contribution is 2.30. The van der Waals surface area contributed by atoms with Crippen LogP contribution in [0.15, 0.2) is 106 Å². The van der Waals surface area contributed by atoms with Gasteiger partial charge in [-0.05, 0) is 49.3 Å². The van der Waals surface area contributed by atoms with Crippen LogP contribution in [0.25, 0.3) is 28.5 Å². The lowest BCUT2D eigenvalue weighted by Crippen LogP contribution is -2.30. The van der Waals surface area contributed by atoms with E-state index in [4.69, 9.17) is 13.7 Å². The highest BCUT2D eigenvalue weighted by Gasteiger charge is 2.18. The minimum atomic E-state index is -4.39. The van der Waals surface area contributed by atoms with Crippen LogP contribution >= 0.6 is 0 Å². The van der Waals surface area contributed by atoms with Crippen LogP contribution in [0.3, 0.4) is 0 Å². The molecule has 0 unspecified atom stereocenters. The van der Waals surface area contributed by atoms with Gasteiger partial charge in [0.1, 0.15) is 17.3 Å². The summed E-state index contributed by atoms with van der Waals surface area (Å²) in [6.45, 7) is 3.91. The number of carbonyl (C=O) groups is 1. The summed E-state index contributed by atoms with van der Waals surface area (Å²) >= 11 is 0. The number of carbonyl (C=O) groups excluding carboxylic acids is 1. The molecule has 1 N–H and O–H groups in total. The number of allylic oxidation sites excluding steroid dienone is 5. The fraction of sp³-hybridized carbons (Fsp3) is 0.111. The van der Waals surface area contributed by atoms with Gasteiger partial charge in [0.25, 0.3) is 10.1 Å². The van der Waals surface area contributed by atoms with Crippen LogP contribution in [-0.2, 0) is 19.6 Å². The van der Waals surface area contributed by atoms with Crippen molar-refractivity contribution < 1.29 is 32.0 Å². The van der Waals surface area contributed by atoms with Crippen LogP contribution in [0.4, 0.5) is 0 Å². The maximum Gasteiger partial charge on any atom is 0.361 e. The van der Waals surface area contributed by atoms with Crippen molar-refractivity contribution in [1.82, 2.24) is 0 Å². The van der Waals surface area contributed by atoms with Gasteiger partial charge < -0.3 is 14.6 Å². The maximum atomic E-state index is 9.58. The number of hydrogen-bond acceptors (Lipinski definition) is 5. The molecule has 1 aliphatic heterocycles. The molecule has 0 spiro atoms. The molecular weight excluding hydrogens is 468 g/mol. The molecule has 35 heavy (non-hydrogen) atoms. The third-order valence-corrected chi connectivity index (χ3v) is 5.25. The van der Waals surface area contributed by atoms with Gasteiger partial charge in [0, 0.05) is 5.56 Å². The Hall–Kier alpha value is -4.01. The van der Waals surface area contributed by atoms with E-state index in [1.807, 2.05) is 50.3 Å². The van der Waals surface area contributed by atoms with Crippen LogP contribution < -0.4 is 5.11 Å². The topological polar surface area (TPSA) is 115 Å². The zero-order chi connectivity index (χ0) is 25.4. The Morgan fingerprint density at radius 2 is 1.46 bits per heavy atom. The van der Waals surface area contributed by atoms with Crippen molar-refractivity contribution in [3.8, 4) is 22.5 Å². The lowest BCUT2D eigenvalue weighted by Gasteiger charge is -2.11. The number of carboxylic acid groups (broad SMARTS) is 1. The number of carboxylic acids is 1. The molecule has 0 saturated carbocycles. The predicted molar refractivity (Wildman–Crippen MR) is 132 cm³/mol. The summed E-state index contributed by atoms with van der Waals surface area (Å²) in [5.41, 5.74) is 4.40. The summed E-state index contributed by atoms with van der Waals surface area (Å²) < 4.78 is 38.7. The molecule has 0 fully saturated rings. The van der Waals surface area contributed by atoms with E-state index in [1.165, 1.54) is 0 Å². The number of aliphatic carboxylic acids is 1. The summed E-state index contributed by atoms with van der Waals surface area (Å²) in [7, 11) is -4.39. The molecule has 1 aromatic heterocycles. The van der Waals surface area contributed by atoms with Crippen LogP contribution in [0.5, 0.6) is 0 Å². The Morgan fingerprint density at radius 1 is 0.914 bits per heavy atom.